The second kappa shape index (κ2) is 5.40. The maximum atomic E-state index is 6.17. The quantitative estimate of drug-likeness (QED) is 0.775. The van der Waals surface area contributed by atoms with E-state index in [1.54, 1.807) is 0 Å². The maximum Gasteiger partial charge on any atom is 0.0624 e. The molecule has 2 heterocycles. The Balaban J connectivity index is 2.14. The number of alkyl halides is 1. The fourth-order valence-electron chi connectivity index (χ4n) is 2.50. The summed E-state index contributed by atoms with van der Waals surface area (Å²) in [7, 11) is 2.01. The minimum absolute atomic E-state index is 0.110. The van der Waals surface area contributed by atoms with Crippen LogP contribution in [-0.4, -0.2) is 28.9 Å². The van der Waals surface area contributed by atoms with Crippen LogP contribution in [0.1, 0.15) is 31.2 Å². The van der Waals surface area contributed by atoms with Crippen molar-refractivity contribution in [2.75, 3.05) is 19.1 Å². The van der Waals surface area contributed by atoms with Crippen LogP contribution in [0.4, 0.5) is 0 Å². The number of hydrogen-bond acceptors (Lipinski definition) is 2. The number of ether oxygens (including phenoxy) is 1. The molecule has 17 heavy (non-hydrogen) atoms. The molecule has 1 aromatic heterocycles. The predicted molar refractivity (Wildman–Crippen MR) is 69.5 cm³/mol. The molecule has 0 amide bonds. The van der Waals surface area contributed by atoms with Gasteiger partial charge in [-0.05, 0) is 31.7 Å². The average Bonchev–Trinajstić information content (AvgIpc) is 2.71. The number of halogens is 1. The zero-order chi connectivity index (χ0) is 12.3. The summed E-state index contributed by atoms with van der Waals surface area (Å²) in [6.45, 7) is 3.79. The van der Waals surface area contributed by atoms with Crippen LogP contribution >= 0.6 is 11.6 Å². The van der Waals surface area contributed by atoms with Crippen LogP contribution in [-0.2, 0) is 24.6 Å². The van der Waals surface area contributed by atoms with Crippen molar-refractivity contribution in [2.24, 2.45) is 12.5 Å². The topological polar surface area (TPSA) is 27.1 Å². The van der Waals surface area contributed by atoms with Gasteiger partial charge in [0.25, 0.3) is 0 Å². The van der Waals surface area contributed by atoms with E-state index in [1.165, 1.54) is 5.69 Å². The van der Waals surface area contributed by atoms with Crippen LogP contribution in [0.25, 0.3) is 0 Å². The maximum absolute atomic E-state index is 6.17. The standard InChI is InChI=1S/C13H21ClN2O/c1-3-11-7-12(16(2)15-11)8-13(9-14)5-4-6-17-10-13/h7H,3-6,8-10H2,1-2H3. The lowest BCUT2D eigenvalue weighted by molar-refractivity contribution is 0.00390. The Bertz CT molecular complexity index is 369. The number of aryl methyl sites for hydroxylation is 2. The van der Waals surface area contributed by atoms with E-state index in [4.69, 9.17) is 16.3 Å². The third-order valence-electron chi connectivity index (χ3n) is 3.63. The molecule has 3 nitrogen and oxygen atoms in total. The lowest BCUT2D eigenvalue weighted by Crippen LogP contribution is -2.36. The van der Waals surface area contributed by atoms with Gasteiger partial charge in [-0.25, -0.2) is 0 Å². The van der Waals surface area contributed by atoms with Crippen molar-refractivity contribution < 1.29 is 4.74 Å². The summed E-state index contributed by atoms with van der Waals surface area (Å²) in [4.78, 5) is 0. The third kappa shape index (κ3) is 2.83. The highest BCUT2D eigenvalue weighted by atomic mass is 35.5. The molecule has 1 aliphatic heterocycles. The van der Waals surface area contributed by atoms with Crippen LogP contribution in [0.15, 0.2) is 6.07 Å². The Kier molecular flexibility index (Phi) is 4.10. The first-order valence-corrected chi connectivity index (χ1v) is 6.88. The summed E-state index contributed by atoms with van der Waals surface area (Å²) in [6.07, 6.45) is 4.23. The van der Waals surface area contributed by atoms with Gasteiger partial charge in [-0.2, -0.15) is 5.10 Å². The van der Waals surface area contributed by atoms with Crippen LogP contribution in [0, 0.1) is 5.41 Å². The normalized spacial score (nSPS) is 25.1. The molecular weight excluding hydrogens is 236 g/mol. The largest absolute Gasteiger partial charge is 0.381 e. The molecule has 1 fully saturated rings. The van der Waals surface area contributed by atoms with Gasteiger partial charge in [-0.1, -0.05) is 6.92 Å². The third-order valence-corrected chi connectivity index (χ3v) is 4.20. The van der Waals surface area contributed by atoms with Gasteiger partial charge in [0.2, 0.25) is 0 Å². The smallest absolute Gasteiger partial charge is 0.0624 e. The van der Waals surface area contributed by atoms with E-state index in [9.17, 15) is 0 Å². The van der Waals surface area contributed by atoms with E-state index in [-0.39, 0.29) is 5.41 Å². The van der Waals surface area contributed by atoms with Crippen molar-refractivity contribution >= 4 is 11.6 Å². The minimum Gasteiger partial charge on any atom is -0.381 e. The Hall–Kier alpha value is -0.540. The Morgan fingerprint density at radius 2 is 2.41 bits per heavy atom. The SMILES string of the molecule is CCc1cc(CC2(CCl)CCCOC2)n(C)n1. The summed E-state index contributed by atoms with van der Waals surface area (Å²) in [5, 5.41) is 4.49. The van der Waals surface area contributed by atoms with E-state index in [1.807, 2.05) is 11.7 Å². The second-order valence-corrected chi connectivity index (χ2v) is 5.34. The van der Waals surface area contributed by atoms with Crippen molar-refractivity contribution in [3.63, 3.8) is 0 Å². The second-order valence-electron chi connectivity index (χ2n) is 5.07. The molecule has 0 bridgehead atoms. The van der Waals surface area contributed by atoms with E-state index in [0.29, 0.717) is 5.88 Å². The van der Waals surface area contributed by atoms with Gasteiger partial charge in [0.15, 0.2) is 0 Å². The van der Waals surface area contributed by atoms with E-state index in [0.717, 1.165) is 44.6 Å². The summed E-state index contributed by atoms with van der Waals surface area (Å²) in [6, 6.07) is 2.20. The monoisotopic (exact) mass is 256 g/mol. The number of rotatable bonds is 4. The molecule has 1 aromatic rings. The van der Waals surface area contributed by atoms with E-state index < -0.39 is 0 Å². The first-order valence-electron chi connectivity index (χ1n) is 6.34. The molecule has 96 valence electrons. The van der Waals surface area contributed by atoms with Crippen molar-refractivity contribution in [3.8, 4) is 0 Å². The minimum atomic E-state index is 0.110. The average molecular weight is 257 g/mol. The van der Waals surface area contributed by atoms with Crippen molar-refractivity contribution in [2.45, 2.75) is 32.6 Å². The predicted octanol–water partition coefficient (Wildman–Crippen LogP) is 2.56. The summed E-state index contributed by atoms with van der Waals surface area (Å²) < 4.78 is 7.60. The van der Waals surface area contributed by atoms with Crippen molar-refractivity contribution in [1.29, 1.82) is 0 Å². The Morgan fingerprint density at radius 1 is 1.59 bits per heavy atom. The molecule has 1 aliphatic rings. The van der Waals surface area contributed by atoms with E-state index in [2.05, 4.69) is 18.1 Å². The first-order chi connectivity index (χ1) is 8.19. The van der Waals surface area contributed by atoms with Crippen molar-refractivity contribution in [1.82, 2.24) is 9.78 Å². The van der Waals surface area contributed by atoms with Crippen LogP contribution in [0.3, 0.4) is 0 Å². The van der Waals surface area contributed by atoms with Gasteiger partial charge < -0.3 is 4.74 Å². The van der Waals surface area contributed by atoms with Crippen molar-refractivity contribution in [3.05, 3.63) is 17.5 Å². The fourth-order valence-corrected chi connectivity index (χ4v) is 2.80. The van der Waals surface area contributed by atoms with Gasteiger partial charge in [0.05, 0.1) is 12.3 Å². The van der Waals surface area contributed by atoms with Gasteiger partial charge in [-0.3, -0.25) is 4.68 Å². The molecule has 1 atom stereocenters. The highest BCUT2D eigenvalue weighted by molar-refractivity contribution is 6.18. The van der Waals surface area contributed by atoms with E-state index >= 15 is 0 Å². The summed E-state index contributed by atoms with van der Waals surface area (Å²) in [5.41, 5.74) is 2.54. The zero-order valence-electron chi connectivity index (χ0n) is 10.7. The van der Waals surface area contributed by atoms with Gasteiger partial charge >= 0.3 is 0 Å². The van der Waals surface area contributed by atoms with Gasteiger partial charge in [0.1, 0.15) is 0 Å². The zero-order valence-corrected chi connectivity index (χ0v) is 11.5. The molecule has 0 aliphatic carbocycles. The molecule has 0 radical (unpaired) electrons. The number of nitrogens with zero attached hydrogens (tertiary/aromatic N) is 2. The fraction of sp³-hybridized carbons (Fsp3) is 0.769. The molecule has 2 rings (SSSR count). The summed E-state index contributed by atoms with van der Waals surface area (Å²) in [5.74, 6) is 0.666. The Morgan fingerprint density at radius 3 is 2.94 bits per heavy atom. The van der Waals surface area contributed by atoms with Crippen LogP contribution in [0.2, 0.25) is 0 Å². The number of aromatic nitrogens is 2. The Labute approximate surface area is 108 Å². The van der Waals surface area contributed by atoms with Crippen LogP contribution in [0.5, 0.6) is 0 Å². The molecule has 4 heteroatoms. The van der Waals surface area contributed by atoms with Gasteiger partial charge in [0, 0.05) is 30.6 Å². The number of hydrogen-bond donors (Lipinski definition) is 0. The molecule has 0 N–H and O–H groups in total. The first kappa shape index (κ1) is 12.9. The summed E-state index contributed by atoms with van der Waals surface area (Å²) >= 11 is 6.17. The van der Waals surface area contributed by atoms with Crippen LogP contribution < -0.4 is 0 Å². The van der Waals surface area contributed by atoms with Gasteiger partial charge in [-0.15, -0.1) is 11.6 Å². The molecule has 1 saturated heterocycles. The molecule has 0 aromatic carbocycles. The highest BCUT2D eigenvalue weighted by Crippen LogP contribution is 2.33. The lowest BCUT2D eigenvalue weighted by Gasteiger charge is -2.35. The molecule has 0 saturated carbocycles. The molecule has 0 spiro atoms. The molecular formula is C13H21ClN2O. The highest BCUT2D eigenvalue weighted by Gasteiger charge is 2.33. The lowest BCUT2D eigenvalue weighted by atomic mass is 9.80. The molecule has 1 unspecified atom stereocenters.